The number of halogens is 1. The maximum absolute atomic E-state index is 13.7. The average Bonchev–Trinajstić information content (AvgIpc) is 3.19. The van der Waals surface area contributed by atoms with Crippen LogP contribution in [0.1, 0.15) is 12.5 Å². The van der Waals surface area contributed by atoms with E-state index in [1.807, 2.05) is 55.5 Å². The van der Waals surface area contributed by atoms with Crippen LogP contribution < -0.4 is 4.90 Å². The predicted molar refractivity (Wildman–Crippen MR) is 115 cm³/mol. The molecule has 0 fully saturated rings. The normalized spacial score (nSPS) is 22.0. The van der Waals surface area contributed by atoms with E-state index >= 15 is 0 Å². The van der Waals surface area contributed by atoms with Crippen molar-refractivity contribution in [1.29, 1.82) is 0 Å². The van der Waals surface area contributed by atoms with E-state index in [9.17, 15) is 9.59 Å². The van der Waals surface area contributed by atoms with Crippen molar-refractivity contribution in [1.82, 2.24) is 0 Å². The van der Waals surface area contributed by atoms with Crippen LogP contribution >= 0.6 is 27.7 Å². The van der Waals surface area contributed by atoms with Gasteiger partial charge in [0.15, 0.2) is 5.41 Å². The molecule has 28 heavy (non-hydrogen) atoms. The van der Waals surface area contributed by atoms with Crippen molar-refractivity contribution < 1.29 is 14.3 Å². The fraction of sp³-hybridized carbons (Fsp3) is 0.190. The first-order valence-electron chi connectivity index (χ1n) is 8.75. The molecule has 2 aromatic carbocycles. The topological polar surface area (TPSA) is 59.0 Å². The van der Waals surface area contributed by atoms with Crippen molar-refractivity contribution in [2.45, 2.75) is 12.3 Å². The Balaban J connectivity index is 2.02. The summed E-state index contributed by atoms with van der Waals surface area (Å²) in [5.41, 5.74) is 1.26. The lowest BCUT2D eigenvalue weighted by Crippen LogP contribution is -2.46. The van der Waals surface area contributed by atoms with Gasteiger partial charge in [-0.2, -0.15) is 0 Å². The van der Waals surface area contributed by atoms with Crippen LogP contribution in [0.2, 0.25) is 0 Å². The molecule has 5 nitrogen and oxygen atoms in total. The number of para-hydroxylation sites is 1. The van der Waals surface area contributed by atoms with E-state index < -0.39 is 11.4 Å². The van der Waals surface area contributed by atoms with Gasteiger partial charge in [0.25, 0.3) is 0 Å². The molecule has 2 heterocycles. The summed E-state index contributed by atoms with van der Waals surface area (Å²) in [6.45, 7) is 2.41. The van der Waals surface area contributed by atoms with Crippen LogP contribution in [0, 0.1) is 0 Å². The van der Waals surface area contributed by atoms with E-state index in [1.54, 1.807) is 10.3 Å². The molecule has 0 radical (unpaired) electrons. The number of aliphatic imine (C=N–C) groups is 1. The standard InChI is InChI=1S/C21H17BrN2O3S/c1-3-24-17-10-9-13(22)11-15(17)21(20(24)26)16(18(25)27-2)12-28-19(21)23-14-7-5-4-6-8-14/h4-12H,3H2,1-2H3/t21-/m1/s1. The number of thioether (sulfide) groups is 1. The molecule has 142 valence electrons. The predicted octanol–water partition coefficient (Wildman–Crippen LogP) is 4.59. The smallest absolute Gasteiger partial charge is 0.336 e. The second-order valence-electron chi connectivity index (χ2n) is 6.35. The number of carbonyl (C=O) groups is 2. The minimum atomic E-state index is -1.29. The molecule has 2 aliphatic rings. The number of hydrogen-bond donors (Lipinski definition) is 0. The lowest BCUT2D eigenvalue weighted by molar-refractivity contribution is -0.137. The maximum Gasteiger partial charge on any atom is 0.336 e. The molecule has 0 saturated heterocycles. The molecule has 0 aliphatic carbocycles. The zero-order chi connectivity index (χ0) is 19.9. The highest BCUT2D eigenvalue weighted by Crippen LogP contribution is 2.54. The molecule has 1 atom stereocenters. The molecule has 7 heteroatoms. The summed E-state index contributed by atoms with van der Waals surface area (Å²) in [6, 6.07) is 15.1. The largest absolute Gasteiger partial charge is 0.466 e. The number of anilines is 1. The van der Waals surface area contributed by atoms with E-state index in [4.69, 9.17) is 9.73 Å². The Bertz CT molecular complexity index is 1040. The molecule has 0 saturated carbocycles. The van der Waals surface area contributed by atoms with E-state index in [0.717, 1.165) is 21.4 Å². The fourth-order valence-electron chi connectivity index (χ4n) is 3.70. The Morgan fingerprint density at radius 3 is 2.68 bits per heavy atom. The van der Waals surface area contributed by atoms with Gasteiger partial charge < -0.3 is 9.64 Å². The van der Waals surface area contributed by atoms with Gasteiger partial charge in [0.05, 0.1) is 18.4 Å². The van der Waals surface area contributed by atoms with Crippen molar-refractivity contribution in [2.75, 3.05) is 18.6 Å². The zero-order valence-electron chi connectivity index (χ0n) is 15.3. The Kier molecular flexibility index (Phi) is 4.89. The number of amides is 1. The number of benzene rings is 2. The molecule has 0 bridgehead atoms. The van der Waals surface area contributed by atoms with Crippen LogP contribution in [0.3, 0.4) is 0 Å². The van der Waals surface area contributed by atoms with Crippen LogP contribution in [-0.4, -0.2) is 30.6 Å². The van der Waals surface area contributed by atoms with E-state index in [1.165, 1.54) is 18.9 Å². The highest BCUT2D eigenvalue weighted by molar-refractivity contribution is 9.10. The molecular weight excluding hydrogens is 440 g/mol. The third-order valence-corrected chi connectivity index (χ3v) is 6.41. The van der Waals surface area contributed by atoms with Crippen LogP contribution in [0.4, 0.5) is 11.4 Å². The number of carbonyl (C=O) groups excluding carboxylic acids is 2. The van der Waals surface area contributed by atoms with Gasteiger partial charge in [-0.3, -0.25) is 4.79 Å². The lowest BCUT2D eigenvalue weighted by Gasteiger charge is -2.26. The summed E-state index contributed by atoms with van der Waals surface area (Å²) >= 11 is 4.80. The van der Waals surface area contributed by atoms with Gasteiger partial charge >= 0.3 is 5.97 Å². The zero-order valence-corrected chi connectivity index (χ0v) is 17.7. The average molecular weight is 457 g/mol. The van der Waals surface area contributed by atoms with Gasteiger partial charge in [0, 0.05) is 22.3 Å². The molecule has 1 spiro atoms. The number of likely N-dealkylation sites (N-methyl/N-ethyl adjacent to an activating group) is 1. The maximum atomic E-state index is 13.7. The summed E-state index contributed by atoms with van der Waals surface area (Å²) in [6.07, 6.45) is 0. The number of methoxy groups -OCH3 is 1. The minimum absolute atomic E-state index is 0.181. The number of esters is 1. The van der Waals surface area contributed by atoms with Crippen molar-refractivity contribution in [3.05, 3.63) is 69.5 Å². The van der Waals surface area contributed by atoms with E-state index in [-0.39, 0.29) is 5.91 Å². The summed E-state index contributed by atoms with van der Waals surface area (Å²) in [5.74, 6) is -0.706. The van der Waals surface area contributed by atoms with Crippen molar-refractivity contribution >= 4 is 56.0 Å². The minimum Gasteiger partial charge on any atom is -0.466 e. The Morgan fingerprint density at radius 1 is 1.25 bits per heavy atom. The second kappa shape index (κ2) is 7.22. The third-order valence-electron chi connectivity index (χ3n) is 4.94. The summed E-state index contributed by atoms with van der Waals surface area (Å²) in [7, 11) is 1.33. The van der Waals surface area contributed by atoms with Gasteiger partial charge in [-0.15, -0.1) is 0 Å². The Hall–Kier alpha value is -2.38. The van der Waals surface area contributed by atoms with Crippen molar-refractivity contribution in [3.63, 3.8) is 0 Å². The monoisotopic (exact) mass is 456 g/mol. The number of fused-ring (bicyclic) bond motifs is 2. The van der Waals surface area contributed by atoms with Crippen molar-refractivity contribution in [2.24, 2.45) is 4.99 Å². The SMILES string of the molecule is CCN1C(=O)[C@@]2(C(C(=O)OC)=CSC2=Nc2ccccc2)c2cc(Br)ccc21. The first-order chi connectivity index (χ1) is 13.5. The molecule has 0 aromatic heterocycles. The summed E-state index contributed by atoms with van der Waals surface area (Å²) < 4.78 is 5.85. The molecule has 0 unspecified atom stereocenters. The van der Waals surface area contributed by atoms with Gasteiger partial charge in [-0.25, -0.2) is 9.79 Å². The van der Waals surface area contributed by atoms with Gasteiger partial charge in [-0.05, 0) is 42.7 Å². The van der Waals surface area contributed by atoms with Gasteiger partial charge in [-0.1, -0.05) is 45.9 Å². The highest BCUT2D eigenvalue weighted by Gasteiger charge is 2.61. The van der Waals surface area contributed by atoms with Gasteiger partial charge in [0.1, 0.15) is 5.04 Å². The summed E-state index contributed by atoms with van der Waals surface area (Å²) in [5, 5.41) is 2.24. The first kappa shape index (κ1) is 19.0. The van der Waals surface area contributed by atoms with Crippen LogP contribution in [0.25, 0.3) is 0 Å². The van der Waals surface area contributed by atoms with E-state index in [2.05, 4.69) is 15.9 Å². The van der Waals surface area contributed by atoms with Crippen LogP contribution in [0.15, 0.2) is 69.0 Å². The van der Waals surface area contributed by atoms with Crippen LogP contribution in [-0.2, 0) is 19.7 Å². The molecule has 2 aromatic rings. The fourth-order valence-corrected chi connectivity index (χ4v) is 5.21. The third kappa shape index (κ3) is 2.64. The van der Waals surface area contributed by atoms with Crippen molar-refractivity contribution in [3.8, 4) is 0 Å². The number of rotatable bonds is 3. The molecular formula is C21H17BrN2O3S. The Morgan fingerprint density at radius 2 is 2.00 bits per heavy atom. The molecule has 2 aliphatic heterocycles. The van der Waals surface area contributed by atoms with Crippen LogP contribution in [0.5, 0.6) is 0 Å². The number of ether oxygens (including phenoxy) is 1. The number of nitrogens with zero attached hydrogens (tertiary/aromatic N) is 2. The Labute approximate surface area is 175 Å². The van der Waals surface area contributed by atoms with Gasteiger partial charge in [0.2, 0.25) is 5.91 Å². The molecule has 0 N–H and O–H groups in total. The lowest BCUT2D eigenvalue weighted by atomic mass is 9.76. The second-order valence-corrected chi connectivity index (χ2v) is 8.13. The van der Waals surface area contributed by atoms with E-state index in [0.29, 0.717) is 17.2 Å². The first-order valence-corrected chi connectivity index (χ1v) is 10.4. The quantitative estimate of drug-likeness (QED) is 0.633. The summed E-state index contributed by atoms with van der Waals surface area (Å²) in [4.78, 5) is 32.9. The number of hydrogen-bond acceptors (Lipinski definition) is 5. The molecule has 1 amide bonds. The highest BCUT2D eigenvalue weighted by atomic mass is 79.9. The molecule has 4 rings (SSSR count).